The van der Waals surface area contributed by atoms with Gasteiger partial charge in [0.05, 0.1) is 12.2 Å². The second kappa shape index (κ2) is 5.17. The summed E-state index contributed by atoms with van der Waals surface area (Å²) in [6.45, 7) is 3.72. The molecule has 0 aromatic heterocycles. The standard InChI is InChI=1S/C14H18FNO3/c1-9-7-14(13(17)18,8-10(2)19-9)16-12-5-3-11(15)4-6-12/h3-6,9-10,16H,7-8H2,1-2H3,(H,17,18). The van der Waals surface area contributed by atoms with Gasteiger partial charge in [-0.05, 0) is 38.1 Å². The molecule has 1 aromatic rings. The minimum absolute atomic E-state index is 0.132. The van der Waals surface area contributed by atoms with Crippen LogP contribution in [-0.4, -0.2) is 28.8 Å². The molecule has 0 bridgehead atoms. The second-order valence-corrected chi connectivity index (χ2v) is 5.18. The zero-order valence-electron chi connectivity index (χ0n) is 11.0. The maximum absolute atomic E-state index is 12.9. The van der Waals surface area contributed by atoms with Crippen molar-refractivity contribution >= 4 is 11.7 Å². The van der Waals surface area contributed by atoms with Gasteiger partial charge in [0.15, 0.2) is 0 Å². The number of benzene rings is 1. The van der Waals surface area contributed by atoms with E-state index >= 15 is 0 Å². The molecule has 2 atom stereocenters. The van der Waals surface area contributed by atoms with Gasteiger partial charge in [-0.15, -0.1) is 0 Å². The number of anilines is 1. The summed E-state index contributed by atoms with van der Waals surface area (Å²) in [6, 6.07) is 5.71. The van der Waals surface area contributed by atoms with E-state index in [9.17, 15) is 14.3 Å². The zero-order chi connectivity index (χ0) is 14.0. The predicted octanol–water partition coefficient (Wildman–Crippen LogP) is 2.65. The molecule has 0 amide bonds. The fourth-order valence-electron chi connectivity index (χ4n) is 2.70. The van der Waals surface area contributed by atoms with Crippen LogP contribution < -0.4 is 5.32 Å². The Kier molecular flexibility index (Phi) is 3.75. The number of carboxylic acid groups (broad SMARTS) is 1. The first-order chi connectivity index (χ1) is 8.91. The Morgan fingerprint density at radius 1 is 1.32 bits per heavy atom. The monoisotopic (exact) mass is 267 g/mol. The highest BCUT2D eigenvalue weighted by Crippen LogP contribution is 2.32. The molecule has 0 spiro atoms. The summed E-state index contributed by atoms with van der Waals surface area (Å²) in [7, 11) is 0. The van der Waals surface area contributed by atoms with Crippen molar-refractivity contribution in [2.24, 2.45) is 0 Å². The lowest BCUT2D eigenvalue weighted by Gasteiger charge is -2.40. The molecule has 4 nitrogen and oxygen atoms in total. The molecule has 5 heteroatoms. The lowest BCUT2D eigenvalue weighted by atomic mass is 9.84. The molecule has 2 N–H and O–H groups in total. The lowest BCUT2D eigenvalue weighted by Crippen LogP contribution is -2.54. The summed E-state index contributed by atoms with van der Waals surface area (Å²) < 4.78 is 18.5. The van der Waals surface area contributed by atoms with Gasteiger partial charge in [-0.25, -0.2) is 9.18 Å². The summed E-state index contributed by atoms with van der Waals surface area (Å²) in [4.78, 5) is 11.6. The van der Waals surface area contributed by atoms with Gasteiger partial charge in [0, 0.05) is 18.5 Å². The van der Waals surface area contributed by atoms with Crippen molar-refractivity contribution in [3.05, 3.63) is 30.1 Å². The maximum Gasteiger partial charge on any atom is 0.329 e. The molecule has 1 aliphatic heterocycles. The number of hydrogen-bond acceptors (Lipinski definition) is 3. The van der Waals surface area contributed by atoms with Crippen molar-refractivity contribution < 1.29 is 19.0 Å². The minimum Gasteiger partial charge on any atom is -0.480 e. The van der Waals surface area contributed by atoms with Crippen molar-refractivity contribution in [2.75, 3.05) is 5.32 Å². The molecule has 104 valence electrons. The lowest BCUT2D eigenvalue weighted by molar-refractivity contribution is -0.151. The number of hydrogen-bond donors (Lipinski definition) is 2. The summed E-state index contributed by atoms with van der Waals surface area (Å²) in [6.07, 6.45) is 0.495. The highest BCUT2D eigenvalue weighted by atomic mass is 19.1. The highest BCUT2D eigenvalue weighted by Gasteiger charge is 2.45. The van der Waals surface area contributed by atoms with E-state index in [0.29, 0.717) is 18.5 Å². The highest BCUT2D eigenvalue weighted by molar-refractivity contribution is 5.83. The van der Waals surface area contributed by atoms with Crippen molar-refractivity contribution in [2.45, 2.75) is 44.4 Å². The first kappa shape index (κ1) is 13.8. The molecule has 1 heterocycles. The fourth-order valence-corrected chi connectivity index (χ4v) is 2.70. The smallest absolute Gasteiger partial charge is 0.329 e. The molecule has 0 aliphatic carbocycles. The third-order valence-electron chi connectivity index (χ3n) is 3.37. The van der Waals surface area contributed by atoms with Gasteiger partial charge in [-0.1, -0.05) is 0 Å². The number of carbonyl (C=O) groups is 1. The first-order valence-electron chi connectivity index (χ1n) is 6.34. The molecule has 0 saturated carbocycles. The van der Waals surface area contributed by atoms with Crippen LogP contribution in [0.3, 0.4) is 0 Å². The van der Waals surface area contributed by atoms with Crippen molar-refractivity contribution in [1.29, 1.82) is 0 Å². The molecule has 19 heavy (non-hydrogen) atoms. The van der Waals surface area contributed by atoms with Crippen molar-refractivity contribution in [3.8, 4) is 0 Å². The van der Waals surface area contributed by atoms with Gasteiger partial charge in [0.2, 0.25) is 0 Å². The average molecular weight is 267 g/mol. The predicted molar refractivity (Wildman–Crippen MR) is 69.6 cm³/mol. The Morgan fingerprint density at radius 2 is 1.84 bits per heavy atom. The van der Waals surface area contributed by atoms with Crippen LogP contribution in [0, 0.1) is 5.82 Å². The zero-order valence-corrected chi connectivity index (χ0v) is 11.0. The van der Waals surface area contributed by atoms with E-state index < -0.39 is 11.5 Å². The van der Waals surface area contributed by atoms with Gasteiger partial charge in [-0.2, -0.15) is 0 Å². The summed E-state index contributed by atoms with van der Waals surface area (Å²) in [5, 5.41) is 12.6. The van der Waals surface area contributed by atoms with E-state index in [0.717, 1.165) is 0 Å². The molecule has 1 saturated heterocycles. The third kappa shape index (κ3) is 3.04. The Morgan fingerprint density at radius 3 is 2.32 bits per heavy atom. The van der Waals surface area contributed by atoms with Gasteiger partial charge in [0.25, 0.3) is 0 Å². The second-order valence-electron chi connectivity index (χ2n) is 5.18. The minimum atomic E-state index is -1.06. The van der Waals surface area contributed by atoms with Crippen LogP contribution in [0.2, 0.25) is 0 Å². The number of ether oxygens (including phenoxy) is 1. The Balaban J connectivity index is 2.24. The summed E-state index contributed by atoms with van der Waals surface area (Å²) >= 11 is 0. The fraction of sp³-hybridized carbons (Fsp3) is 0.500. The molecule has 1 aliphatic rings. The molecule has 0 radical (unpaired) electrons. The van der Waals surface area contributed by atoms with Crippen LogP contribution in [0.1, 0.15) is 26.7 Å². The average Bonchev–Trinajstić information content (AvgIpc) is 2.30. The van der Waals surface area contributed by atoms with Crippen LogP contribution in [0.25, 0.3) is 0 Å². The van der Waals surface area contributed by atoms with Gasteiger partial charge in [-0.3, -0.25) is 0 Å². The first-order valence-corrected chi connectivity index (χ1v) is 6.34. The number of aliphatic carboxylic acids is 1. The number of carboxylic acids is 1. The van der Waals surface area contributed by atoms with Crippen LogP contribution in [0.15, 0.2) is 24.3 Å². The van der Waals surface area contributed by atoms with E-state index in [4.69, 9.17) is 4.74 Å². The molecular formula is C14H18FNO3. The number of nitrogens with one attached hydrogen (secondary N) is 1. The summed E-state index contributed by atoms with van der Waals surface area (Å²) in [5.41, 5.74) is -0.459. The van der Waals surface area contributed by atoms with Crippen molar-refractivity contribution in [1.82, 2.24) is 0 Å². The van der Waals surface area contributed by atoms with E-state index in [1.165, 1.54) is 12.1 Å². The van der Waals surface area contributed by atoms with Crippen molar-refractivity contribution in [3.63, 3.8) is 0 Å². The summed E-state index contributed by atoms with van der Waals surface area (Å²) in [5.74, 6) is -1.25. The van der Waals surface area contributed by atoms with E-state index in [2.05, 4.69) is 5.32 Å². The molecular weight excluding hydrogens is 249 g/mol. The Labute approximate surface area is 111 Å². The molecule has 1 fully saturated rings. The van der Waals surface area contributed by atoms with E-state index in [-0.39, 0.29) is 18.0 Å². The molecule has 2 unspecified atom stereocenters. The Hall–Kier alpha value is -1.62. The topological polar surface area (TPSA) is 58.6 Å². The quantitative estimate of drug-likeness (QED) is 0.884. The Bertz CT molecular complexity index is 450. The van der Waals surface area contributed by atoms with Crippen LogP contribution >= 0.6 is 0 Å². The molecule has 1 aromatic carbocycles. The van der Waals surface area contributed by atoms with Crippen LogP contribution in [0.4, 0.5) is 10.1 Å². The van der Waals surface area contributed by atoms with Gasteiger partial charge < -0.3 is 15.2 Å². The SMILES string of the molecule is CC1CC(Nc2ccc(F)cc2)(C(=O)O)CC(C)O1. The molecule has 2 rings (SSSR count). The van der Waals surface area contributed by atoms with Crippen LogP contribution in [-0.2, 0) is 9.53 Å². The van der Waals surface area contributed by atoms with Gasteiger partial charge >= 0.3 is 5.97 Å². The maximum atomic E-state index is 12.9. The normalized spacial score (nSPS) is 30.9. The van der Waals surface area contributed by atoms with E-state index in [1.54, 1.807) is 12.1 Å². The largest absolute Gasteiger partial charge is 0.480 e. The van der Waals surface area contributed by atoms with Gasteiger partial charge in [0.1, 0.15) is 11.4 Å². The third-order valence-corrected chi connectivity index (χ3v) is 3.37. The number of halogens is 1. The van der Waals surface area contributed by atoms with E-state index in [1.807, 2.05) is 13.8 Å². The van der Waals surface area contributed by atoms with Crippen LogP contribution in [0.5, 0.6) is 0 Å². The number of rotatable bonds is 3.